The molecule has 2 aromatic carbocycles. The second-order valence-corrected chi connectivity index (χ2v) is 6.03. The first-order chi connectivity index (χ1) is 11.2. The molecule has 0 aromatic heterocycles. The number of aryl methyl sites for hydroxylation is 1. The summed E-state index contributed by atoms with van der Waals surface area (Å²) in [6, 6.07) is 14.5. The van der Waals surface area contributed by atoms with E-state index in [1.165, 1.54) is 24.0 Å². The van der Waals surface area contributed by atoms with Crippen molar-refractivity contribution >= 4 is 5.97 Å². The zero-order valence-corrected chi connectivity index (χ0v) is 13.2. The van der Waals surface area contributed by atoms with Crippen LogP contribution in [0.15, 0.2) is 42.5 Å². The van der Waals surface area contributed by atoms with E-state index in [1.54, 1.807) is 24.3 Å². The fraction of sp³-hybridized carbons (Fsp3) is 0.300. The van der Waals surface area contributed by atoms with Gasteiger partial charge >= 0.3 is 5.97 Å². The lowest BCUT2D eigenvalue weighted by atomic mass is 9.82. The number of esters is 1. The van der Waals surface area contributed by atoms with Gasteiger partial charge in [-0.3, -0.25) is 0 Å². The first-order valence-corrected chi connectivity index (χ1v) is 8.03. The third-order valence-electron chi connectivity index (χ3n) is 4.54. The number of ether oxygens (including phenoxy) is 1. The molecule has 1 aliphatic carbocycles. The molecule has 0 fully saturated rings. The van der Waals surface area contributed by atoms with E-state index in [4.69, 9.17) is 10.00 Å². The number of nitriles is 1. The van der Waals surface area contributed by atoms with Crippen LogP contribution in [0.4, 0.5) is 0 Å². The molecule has 1 atom stereocenters. The second kappa shape index (κ2) is 6.66. The molecule has 0 saturated carbocycles. The lowest BCUT2D eigenvalue weighted by molar-refractivity contribution is 0.0734. The Morgan fingerprint density at radius 1 is 1.22 bits per heavy atom. The molecule has 3 heteroatoms. The molecule has 116 valence electrons. The van der Waals surface area contributed by atoms with E-state index in [9.17, 15) is 4.79 Å². The lowest BCUT2D eigenvalue weighted by Crippen LogP contribution is -2.15. The van der Waals surface area contributed by atoms with Crippen LogP contribution in [0.5, 0.6) is 5.75 Å². The molecule has 0 amide bonds. The molecule has 0 aliphatic heterocycles. The molecular weight excluding hydrogens is 286 g/mol. The maximum atomic E-state index is 12.3. The maximum Gasteiger partial charge on any atom is 0.343 e. The highest BCUT2D eigenvalue weighted by atomic mass is 16.5. The fourth-order valence-electron chi connectivity index (χ4n) is 3.07. The van der Waals surface area contributed by atoms with Crippen molar-refractivity contribution in [2.45, 2.75) is 32.6 Å². The van der Waals surface area contributed by atoms with E-state index in [1.807, 2.05) is 18.2 Å². The molecule has 0 heterocycles. The Morgan fingerprint density at radius 2 is 2.00 bits per heavy atom. The molecule has 0 saturated heterocycles. The molecule has 0 bridgehead atoms. The Balaban J connectivity index is 1.74. The number of nitrogens with zero attached hydrogens (tertiary/aromatic N) is 1. The Labute approximate surface area is 136 Å². The number of hydrogen-bond acceptors (Lipinski definition) is 3. The van der Waals surface area contributed by atoms with Crippen LogP contribution in [0.2, 0.25) is 0 Å². The summed E-state index contributed by atoms with van der Waals surface area (Å²) in [5.74, 6) is 0.867. The van der Waals surface area contributed by atoms with Gasteiger partial charge in [-0.15, -0.1) is 0 Å². The second-order valence-electron chi connectivity index (χ2n) is 6.03. The SMILES string of the molecule is CCC1CCc2cc(C(=O)Oc3ccc(C#N)cc3)ccc2C1. The van der Waals surface area contributed by atoms with E-state index in [0.29, 0.717) is 16.9 Å². The van der Waals surface area contributed by atoms with Crippen molar-refractivity contribution in [1.82, 2.24) is 0 Å². The first-order valence-electron chi connectivity index (χ1n) is 8.03. The monoisotopic (exact) mass is 305 g/mol. The minimum atomic E-state index is -0.352. The summed E-state index contributed by atoms with van der Waals surface area (Å²) >= 11 is 0. The summed E-state index contributed by atoms with van der Waals surface area (Å²) in [6.07, 6.45) is 4.54. The topological polar surface area (TPSA) is 50.1 Å². The van der Waals surface area contributed by atoms with Crippen molar-refractivity contribution in [1.29, 1.82) is 5.26 Å². The smallest absolute Gasteiger partial charge is 0.343 e. The van der Waals surface area contributed by atoms with E-state index < -0.39 is 0 Å². The molecule has 3 rings (SSSR count). The predicted octanol–water partition coefficient (Wildman–Crippen LogP) is 4.29. The van der Waals surface area contributed by atoms with Gasteiger partial charge in [0.05, 0.1) is 17.2 Å². The summed E-state index contributed by atoms with van der Waals surface area (Å²) in [5.41, 5.74) is 3.76. The summed E-state index contributed by atoms with van der Waals surface area (Å²) in [6.45, 7) is 2.24. The molecule has 23 heavy (non-hydrogen) atoms. The van der Waals surface area contributed by atoms with Crippen molar-refractivity contribution in [2.24, 2.45) is 5.92 Å². The van der Waals surface area contributed by atoms with Gasteiger partial charge in [0.1, 0.15) is 5.75 Å². The summed E-state index contributed by atoms with van der Waals surface area (Å²) in [7, 11) is 0. The standard InChI is InChI=1S/C20H19NO2/c1-2-14-3-6-17-12-18(8-7-16(17)11-14)20(22)23-19-9-4-15(13-21)5-10-19/h4-5,7-10,12,14H,2-3,6,11H2,1H3. The van der Waals surface area contributed by atoms with Crippen LogP contribution in [-0.2, 0) is 12.8 Å². The van der Waals surface area contributed by atoms with Gasteiger partial charge in [-0.2, -0.15) is 5.26 Å². The van der Waals surface area contributed by atoms with Crippen LogP contribution in [0.3, 0.4) is 0 Å². The highest BCUT2D eigenvalue weighted by molar-refractivity contribution is 5.91. The van der Waals surface area contributed by atoms with Crippen LogP contribution in [0.25, 0.3) is 0 Å². The Hall–Kier alpha value is -2.60. The van der Waals surface area contributed by atoms with Gasteiger partial charge in [-0.25, -0.2) is 4.79 Å². The molecule has 1 unspecified atom stereocenters. The highest BCUT2D eigenvalue weighted by Crippen LogP contribution is 2.28. The number of hydrogen-bond donors (Lipinski definition) is 0. The normalized spacial score (nSPS) is 16.3. The first kappa shape index (κ1) is 15.3. The molecule has 0 radical (unpaired) electrons. The maximum absolute atomic E-state index is 12.3. The number of fused-ring (bicyclic) bond motifs is 1. The molecule has 1 aliphatic rings. The third kappa shape index (κ3) is 3.43. The van der Waals surface area contributed by atoms with Crippen LogP contribution in [0.1, 0.15) is 46.8 Å². The average Bonchev–Trinajstić information content (AvgIpc) is 2.61. The van der Waals surface area contributed by atoms with E-state index in [-0.39, 0.29) is 5.97 Å². The number of benzene rings is 2. The van der Waals surface area contributed by atoms with E-state index in [0.717, 1.165) is 18.8 Å². The van der Waals surface area contributed by atoms with Gasteiger partial charge in [-0.05, 0) is 72.7 Å². The van der Waals surface area contributed by atoms with Crippen LogP contribution >= 0.6 is 0 Å². The van der Waals surface area contributed by atoms with Gasteiger partial charge in [-0.1, -0.05) is 19.4 Å². The minimum Gasteiger partial charge on any atom is -0.423 e. The quantitative estimate of drug-likeness (QED) is 0.628. The average molecular weight is 305 g/mol. The summed E-state index contributed by atoms with van der Waals surface area (Å²) < 4.78 is 5.38. The summed E-state index contributed by atoms with van der Waals surface area (Å²) in [5, 5.41) is 8.78. The Morgan fingerprint density at radius 3 is 2.70 bits per heavy atom. The van der Waals surface area contributed by atoms with Gasteiger partial charge < -0.3 is 4.74 Å². The van der Waals surface area contributed by atoms with Crippen LogP contribution < -0.4 is 4.74 Å². The van der Waals surface area contributed by atoms with Crippen molar-refractivity contribution in [3.8, 4) is 11.8 Å². The number of carbonyl (C=O) groups is 1. The number of carbonyl (C=O) groups excluding carboxylic acids is 1. The van der Waals surface area contributed by atoms with Gasteiger partial charge in [0.15, 0.2) is 0 Å². The largest absolute Gasteiger partial charge is 0.423 e. The zero-order valence-electron chi connectivity index (χ0n) is 13.2. The minimum absolute atomic E-state index is 0.352. The molecule has 0 N–H and O–H groups in total. The Kier molecular flexibility index (Phi) is 4.43. The highest BCUT2D eigenvalue weighted by Gasteiger charge is 2.19. The van der Waals surface area contributed by atoms with Gasteiger partial charge in [0, 0.05) is 0 Å². The van der Waals surface area contributed by atoms with E-state index >= 15 is 0 Å². The third-order valence-corrected chi connectivity index (χ3v) is 4.54. The number of rotatable bonds is 3. The van der Waals surface area contributed by atoms with Crippen molar-refractivity contribution < 1.29 is 9.53 Å². The molecule has 2 aromatic rings. The van der Waals surface area contributed by atoms with Gasteiger partial charge in [0.2, 0.25) is 0 Å². The summed E-state index contributed by atoms with van der Waals surface area (Å²) in [4.78, 5) is 12.3. The van der Waals surface area contributed by atoms with Crippen molar-refractivity contribution in [2.75, 3.05) is 0 Å². The molecule has 3 nitrogen and oxygen atoms in total. The van der Waals surface area contributed by atoms with Crippen molar-refractivity contribution in [3.63, 3.8) is 0 Å². The predicted molar refractivity (Wildman–Crippen MR) is 88.4 cm³/mol. The lowest BCUT2D eigenvalue weighted by Gasteiger charge is -2.23. The molecule has 0 spiro atoms. The molecular formula is C20H19NO2. The fourth-order valence-corrected chi connectivity index (χ4v) is 3.07. The van der Waals surface area contributed by atoms with Crippen molar-refractivity contribution in [3.05, 3.63) is 64.7 Å². The van der Waals surface area contributed by atoms with Crippen LogP contribution in [-0.4, -0.2) is 5.97 Å². The van der Waals surface area contributed by atoms with Gasteiger partial charge in [0.25, 0.3) is 0 Å². The van der Waals surface area contributed by atoms with E-state index in [2.05, 4.69) is 13.0 Å². The van der Waals surface area contributed by atoms with Crippen LogP contribution in [0, 0.1) is 17.2 Å². The zero-order chi connectivity index (χ0) is 16.2. The Bertz CT molecular complexity index is 756.